The molecule has 0 heterocycles. The Morgan fingerprint density at radius 3 is 2.30 bits per heavy atom. The third kappa shape index (κ3) is 5.25. The number of aryl methyl sites for hydroxylation is 1. The number of carbonyl (C=O) groups excluding carboxylic acids is 1. The van der Waals surface area contributed by atoms with Crippen LogP contribution in [0.15, 0.2) is 54.6 Å². The quantitative estimate of drug-likeness (QED) is 0.826. The number of carbonyl (C=O) groups is 2. The zero-order valence-electron chi connectivity index (χ0n) is 13.2. The Labute approximate surface area is 136 Å². The molecule has 1 amide bonds. The molecule has 0 fully saturated rings. The zero-order chi connectivity index (χ0) is 16.7. The molecule has 0 bridgehead atoms. The lowest BCUT2D eigenvalue weighted by Crippen LogP contribution is -2.43. The number of aliphatic carboxylic acids is 1. The average Bonchev–Trinajstić information content (AvgIpc) is 2.55. The van der Waals surface area contributed by atoms with Crippen molar-refractivity contribution in [1.29, 1.82) is 0 Å². The van der Waals surface area contributed by atoms with Gasteiger partial charge < -0.3 is 10.4 Å². The molecule has 0 saturated carbocycles. The van der Waals surface area contributed by atoms with E-state index in [9.17, 15) is 14.7 Å². The van der Waals surface area contributed by atoms with Crippen molar-refractivity contribution in [3.63, 3.8) is 0 Å². The summed E-state index contributed by atoms with van der Waals surface area (Å²) in [5.41, 5.74) is 2.94. The van der Waals surface area contributed by atoms with Crippen LogP contribution in [-0.2, 0) is 28.9 Å². The monoisotopic (exact) mass is 311 g/mol. The predicted molar refractivity (Wildman–Crippen MR) is 89.2 cm³/mol. The van der Waals surface area contributed by atoms with Gasteiger partial charge in [0.25, 0.3) is 0 Å². The largest absolute Gasteiger partial charge is 0.480 e. The first kappa shape index (κ1) is 16.7. The molecule has 2 N–H and O–H groups in total. The third-order valence-corrected chi connectivity index (χ3v) is 3.68. The number of rotatable bonds is 7. The van der Waals surface area contributed by atoms with Gasteiger partial charge in [-0.3, -0.25) is 4.79 Å². The highest BCUT2D eigenvalue weighted by Crippen LogP contribution is 2.08. The van der Waals surface area contributed by atoms with Gasteiger partial charge >= 0.3 is 5.97 Å². The van der Waals surface area contributed by atoms with Crippen molar-refractivity contribution in [2.75, 3.05) is 0 Å². The molecule has 0 aliphatic rings. The first-order chi connectivity index (χ1) is 11.1. The van der Waals surface area contributed by atoms with E-state index < -0.39 is 12.0 Å². The number of carboxylic acids is 1. The fourth-order valence-electron chi connectivity index (χ4n) is 2.44. The Morgan fingerprint density at radius 2 is 1.65 bits per heavy atom. The molecule has 2 aromatic rings. The van der Waals surface area contributed by atoms with Crippen LogP contribution in [-0.4, -0.2) is 23.0 Å². The van der Waals surface area contributed by atoms with E-state index in [1.165, 1.54) is 0 Å². The van der Waals surface area contributed by atoms with Crippen molar-refractivity contribution < 1.29 is 14.7 Å². The molecular weight excluding hydrogens is 290 g/mol. The van der Waals surface area contributed by atoms with Crippen LogP contribution in [0.4, 0.5) is 0 Å². The highest BCUT2D eigenvalue weighted by atomic mass is 16.4. The van der Waals surface area contributed by atoms with Crippen molar-refractivity contribution in [3.8, 4) is 0 Å². The van der Waals surface area contributed by atoms with Gasteiger partial charge in [-0.25, -0.2) is 4.79 Å². The van der Waals surface area contributed by atoms with Gasteiger partial charge in [0, 0.05) is 6.42 Å². The molecule has 0 spiro atoms. The van der Waals surface area contributed by atoms with Gasteiger partial charge in [0.1, 0.15) is 6.04 Å². The van der Waals surface area contributed by atoms with E-state index in [0.29, 0.717) is 0 Å². The van der Waals surface area contributed by atoms with Gasteiger partial charge in [-0.05, 0) is 23.1 Å². The molecular formula is C19H21NO3. The van der Waals surface area contributed by atoms with Crippen molar-refractivity contribution in [2.45, 2.75) is 32.2 Å². The number of carboxylic acid groups (broad SMARTS) is 1. The number of nitrogens with one attached hydrogen (secondary N) is 1. The lowest BCUT2D eigenvalue weighted by Gasteiger charge is -2.15. The SMILES string of the molecule is CCc1cccc(CC(=O)NC(Cc2ccccc2)C(=O)O)c1. The van der Waals surface area contributed by atoms with Crippen LogP contribution in [0.1, 0.15) is 23.6 Å². The minimum absolute atomic E-state index is 0.187. The van der Waals surface area contributed by atoms with Gasteiger partial charge in [0.15, 0.2) is 0 Å². The molecule has 23 heavy (non-hydrogen) atoms. The molecule has 0 aromatic heterocycles. The molecule has 0 aliphatic carbocycles. The summed E-state index contributed by atoms with van der Waals surface area (Å²) in [7, 11) is 0. The smallest absolute Gasteiger partial charge is 0.326 e. The molecule has 1 atom stereocenters. The Balaban J connectivity index is 1.99. The summed E-state index contributed by atoms with van der Waals surface area (Å²) in [6.45, 7) is 2.06. The van der Waals surface area contributed by atoms with E-state index in [1.807, 2.05) is 54.6 Å². The number of amides is 1. The lowest BCUT2D eigenvalue weighted by molar-refractivity contribution is -0.141. The van der Waals surface area contributed by atoms with Crippen LogP contribution < -0.4 is 5.32 Å². The highest BCUT2D eigenvalue weighted by Gasteiger charge is 2.20. The summed E-state index contributed by atoms with van der Waals surface area (Å²) < 4.78 is 0. The molecule has 4 nitrogen and oxygen atoms in total. The molecule has 2 aromatic carbocycles. The van der Waals surface area contributed by atoms with Gasteiger partial charge in [-0.15, -0.1) is 0 Å². The normalized spacial score (nSPS) is 11.7. The molecule has 0 aliphatic heterocycles. The van der Waals surface area contributed by atoms with Gasteiger partial charge in [0.05, 0.1) is 6.42 Å². The van der Waals surface area contributed by atoms with Gasteiger partial charge in [-0.2, -0.15) is 0 Å². The fraction of sp³-hybridized carbons (Fsp3) is 0.263. The van der Waals surface area contributed by atoms with Crippen LogP contribution in [0, 0.1) is 0 Å². The highest BCUT2D eigenvalue weighted by molar-refractivity contribution is 5.85. The minimum atomic E-state index is -1.02. The zero-order valence-corrected chi connectivity index (χ0v) is 13.2. The summed E-state index contributed by atoms with van der Waals surface area (Å²) in [5, 5.41) is 11.9. The Morgan fingerprint density at radius 1 is 1.00 bits per heavy atom. The first-order valence-electron chi connectivity index (χ1n) is 7.72. The topological polar surface area (TPSA) is 66.4 Å². The molecule has 2 rings (SSSR count). The molecule has 120 valence electrons. The second-order valence-corrected chi connectivity index (χ2v) is 5.50. The second-order valence-electron chi connectivity index (χ2n) is 5.50. The molecule has 0 saturated heterocycles. The molecule has 0 radical (unpaired) electrons. The summed E-state index contributed by atoms with van der Waals surface area (Å²) in [6, 6.07) is 16.2. The van der Waals surface area contributed by atoms with Crippen LogP contribution in [0.2, 0.25) is 0 Å². The number of hydrogen-bond donors (Lipinski definition) is 2. The van der Waals surface area contributed by atoms with Crippen molar-refractivity contribution in [2.24, 2.45) is 0 Å². The Hall–Kier alpha value is -2.62. The third-order valence-electron chi connectivity index (χ3n) is 3.68. The van der Waals surface area contributed by atoms with Crippen LogP contribution >= 0.6 is 0 Å². The average molecular weight is 311 g/mol. The van der Waals surface area contributed by atoms with E-state index in [4.69, 9.17) is 0 Å². The fourth-order valence-corrected chi connectivity index (χ4v) is 2.44. The molecule has 1 unspecified atom stereocenters. The van der Waals surface area contributed by atoms with Gasteiger partial charge in [0.2, 0.25) is 5.91 Å². The van der Waals surface area contributed by atoms with Crippen molar-refractivity contribution in [1.82, 2.24) is 5.32 Å². The summed E-state index contributed by atoms with van der Waals surface area (Å²) in [6.07, 6.45) is 1.37. The lowest BCUT2D eigenvalue weighted by atomic mass is 10.0. The van der Waals surface area contributed by atoms with E-state index in [2.05, 4.69) is 12.2 Å². The summed E-state index contributed by atoms with van der Waals surface area (Å²) in [4.78, 5) is 23.5. The minimum Gasteiger partial charge on any atom is -0.480 e. The van der Waals surface area contributed by atoms with Crippen LogP contribution in [0.25, 0.3) is 0 Å². The van der Waals surface area contributed by atoms with E-state index in [1.54, 1.807) is 0 Å². The first-order valence-corrected chi connectivity index (χ1v) is 7.72. The number of hydrogen-bond acceptors (Lipinski definition) is 2. The Bertz CT molecular complexity index is 667. The van der Waals surface area contributed by atoms with E-state index in [0.717, 1.165) is 23.1 Å². The maximum absolute atomic E-state index is 12.1. The van der Waals surface area contributed by atoms with Crippen LogP contribution in [0.5, 0.6) is 0 Å². The summed E-state index contributed by atoms with van der Waals surface area (Å²) in [5.74, 6) is -1.30. The Kier molecular flexibility index (Phi) is 5.92. The second kappa shape index (κ2) is 8.13. The van der Waals surface area contributed by atoms with Crippen molar-refractivity contribution >= 4 is 11.9 Å². The van der Waals surface area contributed by atoms with Crippen molar-refractivity contribution in [3.05, 3.63) is 71.3 Å². The van der Waals surface area contributed by atoms with Gasteiger partial charge in [-0.1, -0.05) is 61.5 Å². The predicted octanol–water partition coefficient (Wildman–Crippen LogP) is 2.60. The number of benzene rings is 2. The standard InChI is InChI=1S/C19H21NO3/c1-2-14-9-6-10-16(11-14)13-18(21)20-17(19(22)23)12-15-7-4-3-5-8-15/h3-11,17H,2,12-13H2,1H3,(H,20,21)(H,22,23). The van der Waals surface area contributed by atoms with Crippen LogP contribution in [0.3, 0.4) is 0 Å². The maximum atomic E-state index is 12.1. The van der Waals surface area contributed by atoms with E-state index in [-0.39, 0.29) is 18.7 Å². The summed E-state index contributed by atoms with van der Waals surface area (Å²) >= 11 is 0. The molecule has 4 heteroatoms. The van der Waals surface area contributed by atoms with E-state index >= 15 is 0 Å². The maximum Gasteiger partial charge on any atom is 0.326 e.